The van der Waals surface area contributed by atoms with Crippen LogP contribution in [0.4, 0.5) is 0 Å². The van der Waals surface area contributed by atoms with E-state index in [0.29, 0.717) is 0 Å². The Hall–Kier alpha value is -0.860. The summed E-state index contributed by atoms with van der Waals surface area (Å²) in [7, 11) is 0. The molecular weight excluding hydrogens is 220 g/mol. The van der Waals surface area contributed by atoms with Crippen LogP contribution in [0.5, 0.6) is 0 Å². The van der Waals surface area contributed by atoms with Crippen LogP contribution in [0.15, 0.2) is 24.3 Å². The van der Waals surface area contributed by atoms with Crippen molar-refractivity contribution in [3.8, 4) is 0 Å². The monoisotopic (exact) mass is 248 g/mol. The fourth-order valence-electron chi connectivity index (χ4n) is 1.58. The second-order valence-corrected chi connectivity index (χ2v) is 7.03. The molecule has 0 aliphatic rings. The zero-order valence-corrected chi connectivity index (χ0v) is 12.7. The van der Waals surface area contributed by atoms with Crippen molar-refractivity contribution in [2.24, 2.45) is 0 Å². The van der Waals surface area contributed by atoms with Gasteiger partial charge in [0.05, 0.1) is 0 Å². The molecule has 1 aromatic rings. The van der Waals surface area contributed by atoms with Gasteiger partial charge in [-0.2, -0.15) is 0 Å². The van der Waals surface area contributed by atoms with E-state index in [9.17, 15) is 0 Å². The maximum atomic E-state index is 3.52. The summed E-state index contributed by atoms with van der Waals surface area (Å²) < 4.78 is 0. The van der Waals surface area contributed by atoms with Crippen LogP contribution >= 0.6 is 0 Å². The van der Waals surface area contributed by atoms with Gasteiger partial charge >= 0.3 is 0 Å². The maximum absolute atomic E-state index is 3.52. The van der Waals surface area contributed by atoms with Gasteiger partial charge in [0.2, 0.25) is 0 Å². The van der Waals surface area contributed by atoms with Gasteiger partial charge in [-0.25, -0.2) is 0 Å². The molecule has 0 bridgehead atoms. The van der Waals surface area contributed by atoms with Gasteiger partial charge in [-0.3, -0.25) is 0 Å². The van der Waals surface area contributed by atoms with Crippen LogP contribution < -0.4 is 10.6 Å². The average Bonchev–Trinajstić information content (AvgIpc) is 2.22. The highest BCUT2D eigenvalue weighted by Crippen LogP contribution is 2.09. The van der Waals surface area contributed by atoms with E-state index in [1.54, 1.807) is 0 Å². The second kappa shape index (κ2) is 5.85. The summed E-state index contributed by atoms with van der Waals surface area (Å²) in [6, 6.07) is 8.77. The number of hydrogen-bond donors (Lipinski definition) is 2. The minimum Gasteiger partial charge on any atom is -0.308 e. The van der Waals surface area contributed by atoms with Crippen molar-refractivity contribution in [3.05, 3.63) is 35.4 Å². The lowest BCUT2D eigenvalue weighted by Gasteiger charge is -2.22. The maximum Gasteiger partial charge on any atom is 0.0210 e. The Labute approximate surface area is 112 Å². The predicted octanol–water partition coefficient (Wildman–Crippen LogP) is 3.46. The molecule has 0 aliphatic heterocycles. The Balaban J connectivity index is 2.57. The smallest absolute Gasteiger partial charge is 0.0210 e. The molecule has 0 unspecified atom stereocenters. The van der Waals surface area contributed by atoms with Gasteiger partial charge in [0.25, 0.3) is 0 Å². The van der Waals surface area contributed by atoms with Gasteiger partial charge in [-0.05, 0) is 52.7 Å². The topological polar surface area (TPSA) is 24.1 Å². The summed E-state index contributed by atoms with van der Waals surface area (Å²) in [5.74, 6) is 0. The molecule has 1 rings (SSSR count). The van der Waals surface area contributed by atoms with Crippen molar-refractivity contribution in [3.63, 3.8) is 0 Å². The van der Waals surface area contributed by atoms with Crippen molar-refractivity contribution in [1.82, 2.24) is 10.6 Å². The molecule has 0 spiro atoms. The summed E-state index contributed by atoms with van der Waals surface area (Å²) in [5, 5.41) is 7.03. The normalized spacial score (nSPS) is 12.8. The molecule has 2 nitrogen and oxygen atoms in total. The molecule has 2 heteroatoms. The Morgan fingerprint density at radius 3 is 1.50 bits per heavy atom. The van der Waals surface area contributed by atoms with Gasteiger partial charge in [0.15, 0.2) is 0 Å². The van der Waals surface area contributed by atoms with E-state index < -0.39 is 0 Å². The summed E-state index contributed by atoms with van der Waals surface area (Å²) >= 11 is 0. The number of benzene rings is 1. The number of rotatable bonds is 4. The van der Waals surface area contributed by atoms with Crippen LogP contribution in [0, 0.1) is 0 Å². The van der Waals surface area contributed by atoms with Crippen molar-refractivity contribution in [2.75, 3.05) is 0 Å². The Morgan fingerprint density at radius 2 is 1.17 bits per heavy atom. The molecule has 1 aromatic carbocycles. The van der Waals surface area contributed by atoms with E-state index in [1.165, 1.54) is 11.1 Å². The minimum atomic E-state index is 0.166. The van der Waals surface area contributed by atoms with Gasteiger partial charge in [-0.15, -0.1) is 0 Å². The quantitative estimate of drug-likeness (QED) is 0.852. The second-order valence-electron chi connectivity index (χ2n) is 7.03. The van der Waals surface area contributed by atoms with Gasteiger partial charge in [0.1, 0.15) is 0 Å². The molecule has 0 fully saturated rings. The zero-order chi connectivity index (χ0) is 13.8. The van der Waals surface area contributed by atoms with E-state index in [1.807, 2.05) is 0 Å². The Bertz CT molecular complexity index is 336. The first-order valence-electron chi connectivity index (χ1n) is 6.74. The van der Waals surface area contributed by atoms with Crippen LogP contribution in [0.2, 0.25) is 0 Å². The predicted molar refractivity (Wildman–Crippen MR) is 79.6 cm³/mol. The SMILES string of the molecule is CC(C)(C)NCc1cccc(CNC(C)(C)C)c1. The highest BCUT2D eigenvalue weighted by Gasteiger charge is 2.10. The highest BCUT2D eigenvalue weighted by molar-refractivity contribution is 5.23. The first-order valence-corrected chi connectivity index (χ1v) is 6.74. The molecule has 0 saturated heterocycles. The summed E-state index contributed by atoms with van der Waals surface area (Å²) in [4.78, 5) is 0. The van der Waals surface area contributed by atoms with E-state index in [4.69, 9.17) is 0 Å². The zero-order valence-electron chi connectivity index (χ0n) is 12.7. The molecule has 102 valence electrons. The molecule has 0 heterocycles. The third-order valence-electron chi connectivity index (χ3n) is 2.64. The minimum absolute atomic E-state index is 0.166. The first kappa shape index (κ1) is 15.2. The summed E-state index contributed by atoms with van der Waals surface area (Å²) in [6.45, 7) is 15.0. The Morgan fingerprint density at radius 1 is 0.778 bits per heavy atom. The van der Waals surface area contributed by atoms with E-state index >= 15 is 0 Å². The molecule has 2 N–H and O–H groups in total. The van der Waals surface area contributed by atoms with E-state index in [2.05, 4.69) is 76.4 Å². The van der Waals surface area contributed by atoms with Gasteiger partial charge in [0, 0.05) is 24.2 Å². The third-order valence-corrected chi connectivity index (χ3v) is 2.64. The fraction of sp³-hybridized carbons (Fsp3) is 0.625. The largest absolute Gasteiger partial charge is 0.308 e. The highest BCUT2D eigenvalue weighted by atomic mass is 14.9. The molecular formula is C16H28N2. The summed E-state index contributed by atoms with van der Waals surface area (Å²) in [6.07, 6.45) is 0. The molecule has 18 heavy (non-hydrogen) atoms. The van der Waals surface area contributed by atoms with Crippen LogP contribution in [0.25, 0.3) is 0 Å². The standard InChI is InChI=1S/C16H28N2/c1-15(2,3)17-11-13-8-7-9-14(10-13)12-18-16(4,5)6/h7-10,17-18H,11-12H2,1-6H3. The van der Waals surface area contributed by atoms with Crippen LogP contribution in [-0.4, -0.2) is 11.1 Å². The third kappa shape index (κ3) is 6.77. The van der Waals surface area contributed by atoms with E-state index in [-0.39, 0.29) is 11.1 Å². The van der Waals surface area contributed by atoms with Crippen LogP contribution in [-0.2, 0) is 13.1 Å². The lowest BCUT2D eigenvalue weighted by molar-refractivity contribution is 0.421. The van der Waals surface area contributed by atoms with E-state index in [0.717, 1.165) is 13.1 Å². The Kier molecular flexibility index (Phi) is 4.94. The molecule has 0 amide bonds. The molecule has 0 radical (unpaired) electrons. The first-order chi connectivity index (χ1) is 8.16. The average molecular weight is 248 g/mol. The van der Waals surface area contributed by atoms with Crippen LogP contribution in [0.3, 0.4) is 0 Å². The lowest BCUT2D eigenvalue weighted by Crippen LogP contribution is -2.35. The number of hydrogen-bond acceptors (Lipinski definition) is 2. The van der Waals surface area contributed by atoms with Crippen molar-refractivity contribution in [2.45, 2.75) is 65.7 Å². The van der Waals surface area contributed by atoms with Gasteiger partial charge < -0.3 is 10.6 Å². The molecule has 0 saturated carbocycles. The van der Waals surface area contributed by atoms with Crippen molar-refractivity contribution >= 4 is 0 Å². The number of nitrogens with one attached hydrogen (secondary N) is 2. The van der Waals surface area contributed by atoms with Crippen LogP contribution in [0.1, 0.15) is 52.7 Å². The lowest BCUT2D eigenvalue weighted by atomic mass is 10.1. The van der Waals surface area contributed by atoms with Crippen molar-refractivity contribution < 1.29 is 0 Å². The summed E-state index contributed by atoms with van der Waals surface area (Å²) in [5.41, 5.74) is 3.02. The fourth-order valence-corrected chi connectivity index (χ4v) is 1.58. The van der Waals surface area contributed by atoms with Crippen molar-refractivity contribution in [1.29, 1.82) is 0 Å². The molecule has 0 atom stereocenters. The van der Waals surface area contributed by atoms with Gasteiger partial charge in [-0.1, -0.05) is 24.3 Å². The molecule has 0 aromatic heterocycles. The molecule has 0 aliphatic carbocycles.